The van der Waals surface area contributed by atoms with Crippen LogP contribution in [0.1, 0.15) is 18.4 Å². The molecule has 2 amide bonds. The summed E-state index contributed by atoms with van der Waals surface area (Å²) in [4.78, 5) is 43.7. The number of esters is 1. The highest BCUT2D eigenvalue weighted by atomic mass is 32.2. The molecule has 3 fully saturated rings. The fraction of sp³-hybridized carbons (Fsp3) is 0.480. The van der Waals surface area contributed by atoms with Crippen LogP contribution in [-0.4, -0.2) is 75.0 Å². The molecule has 4 rings (SSSR count). The Kier molecular flexibility index (Phi) is 6.95. The zero-order valence-electron chi connectivity index (χ0n) is 18.6. The van der Waals surface area contributed by atoms with Gasteiger partial charge in [-0.15, -0.1) is 18.3 Å². The van der Waals surface area contributed by atoms with Crippen molar-refractivity contribution < 1.29 is 24.2 Å². The number of likely N-dealkylation sites (tertiary alicyclic amines) is 1. The van der Waals surface area contributed by atoms with Crippen molar-refractivity contribution in [2.24, 2.45) is 11.8 Å². The average molecular weight is 471 g/mol. The molecule has 0 saturated carbocycles. The van der Waals surface area contributed by atoms with E-state index in [0.717, 1.165) is 12.0 Å². The highest BCUT2D eigenvalue weighted by Crippen LogP contribution is 2.66. The van der Waals surface area contributed by atoms with Gasteiger partial charge in [0.1, 0.15) is 12.6 Å². The summed E-state index contributed by atoms with van der Waals surface area (Å²) in [5.74, 6) is -2.03. The fourth-order valence-corrected chi connectivity index (χ4v) is 7.85. The van der Waals surface area contributed by atoms with Crippen LogP contribution >= 0.6 is 11.8 Å². The average Bonchev–Trinajstić information content (AvgIpc) is 3.45. The molecule has 5 atom stereocenters. The van der Waals surface area contributed by atoms with Crippen LogP contribution in [0.5, 0.6) is 0 Å². The molecule has 176 valence electrons. The number of rotatable bonds is 10. The van der Waals surface area contributed by atoms with E-state index in [9.17, 15) is 19.5 Å². The van der Waals surface area contributed by atoms with Crippen LogP contribution in [0.25, 0.3) is 0 Å². The van der Waals surface area contributed by atoms with Gasteiger partial charge in [-0.2, -0.15) is 0 Å². The lowest BCUT2D eigenvalue weighted by Crippen LogP contribution is -2.54. The van der Waals surface area contributed by atoms with Gasteiger partial charge in [0, 0.05) is 24.9 Å². The molecule has 8 heteroatoms. The third-order valence-corrected chi connectivity index (χ3v) is 8.82. The Morgan fingerprint density at radius 2 is 2.03 bits per heavy atom. The Labute approximate surface area is 198 Å². The Balaban J connectivity index is 1.68. The van der Waals surface area contributed by atoms with Gasteiger partial charge in [-0.1, -0.05) is 49.1 Å². The number of hydrogen-bond donors (Lipinski definition) is 1. The van der Waals surface area contributed by atoms with Crippen molar-refractivity contribution in [2.45, 2.75) is 35.4 Å². The van der Waals surface area contributed by atoms with Gasteiger partial charge < -0.3 is 19.6 Å². The van der Waals surface area contributed by atoms with Crippen LogP contribution in [0.2, 0.25) is 0 Å². The second-order valence-corrected chi connectivity index (χ2v) is 10.3. The Morgan fingerprint density at radius 1 is 1.27 bits per heavy atom. The molecule has 33 heavy (non-hydrogen) atoms. The smallest absolute Gasteiger partial charge is 0.311 e. The minimum atomic E-state index is -0.738. The molecule has 3 saturated heterocycles. The first-order chi connectivity index (χ1) is 16.0. The quantitative estimate of drug-likeness (QED) is 0.416. The van der Waals surface area contributed by atoms with Crippen LogP contribution in [-0.2, 0) is 25.7 Å². The third-order valence-electron chi connectivity index (χ3n) is 6.87. The summed E-state index contributed by atoms with van der Waals surface area (Å²) in [7, 11) is 0. The van der Waals surface area contributed by atoms with Crippen LogP contribution in [0, 0.1) is 11.8 Å². The first-order valence-electron chi connectivity index (χ1n) is 11.3. The number of β-amino-alcohol motifs (C(OH)–C–C–N with tert-alkyl or cyclic N) is 1. The number of nitrogens with zero attached hydrogens (tertiary/aromatic N) is 2. The van der Waals surface area contributed by atoms with E-state index in [1.165, 1.54) is 11.0 Å². The molecule has 1 spiro atoms. The summed E-state index contributed by atoms with van der Waals surface area (Å²) in [5, 5.41) is 9.65. The summed E-state index contributed by atoms with van der Waals surface area (Å²) in [6.07, 6.45) is 4.61. The second kappa shape index (κ2) is 9.73. The molecule has 1 aromatic carbocycles. The van der Waals surface area contributed by atoms with Crippen molar-refractivity contribution in [3.05, 3.63) is 61.2 Å². The SMILES string of the molecule is C=CCOC(=O)[C@@H]1[C@H]2C(=O)N(CCO)C(C(=O)N(CC=C)Cc3ccccc3)C23CC[C@H]1S3. The molecule has 2 bridgehead atoms. The first kappa shape index (κ1) is 23.6. The maximum Gasteiger partial charge on any atom is 0.311 e. The van der Waals surface area contributed by atoms with E-state index in [4.69, 9.17) is 4.74 Å². The van der Waals surface area contributed by atoms with E-state index >= 15 is 0 Å². The molecule has 2 unspecified atom stereocenters. The number of aliphatic hydroxyl groups excluding tert-OH is 1. The predicted octanol–water partition coefficient (Wildman–Crippen LogP) is 2.01. The zero-order valence-corrected chi connectivity index (χ0v) is 19.4. The number of amides is 2. The summed E-state index contributed by atoms with van der Waals surface area (Å²) in [6.45, 7) is 8.02. The molecule has 1 N–H and O–H groups in total. The summed E-state index contributed by atoms with van der Waals surface area (Å²) < 4.78 is 4.65. The first-order valence-corrected chi connectivity index (χ1v) is 12.2. The number of fused-ring (bicyclic) bond motifs is 1. The van der Waals surface area contributed by atoms with Gasteiger partial charge in [-0.3, -0.25) is 14.4 Å². The number of carbonyl (C=O) groups excluding carboxylic acids is 3. The van der Waals surface area contributed by atoms with Gasteiger partial charge in [0.2, 0.25) is 11.8 Å². The minimum absolute atomic E-state index is 0.0511. The lowest BCUT2D eigenvalue weighted by molar-refractivity contribution is -0.153. The summed E-state index contributed by atoms with van der Waals surface area (Å²) in [5.41, 5.74) is 0.981. The Hall–Kier alpha value is -2.58. The number of thioether (sulfide) groups is 1. The van der Waals surface area contributed by atoms with Gasteiger partial charge in [0.15, 0.2) is 0 Å². The predicted molar refractivity (Wildman–Crippen MR) is 126 cm³/mol. The van der Waals surface area contributed by atoms with Crippen LogP contribution in [0.4, 0.5) is 0 Å². The maximum atomic E-state index is 14.0. The Bertz CT molecular complexity index is 938. The summed E-state index contributed by atoms with van der Waals surface area (Å²) >= 11 is 1.59. The molecule has 3 heterocycles. The zero-order chi connectivity index (χ0) is 23.6. The highest BCUT2D eigenvalue weighted by Gasteiger charge is 2.74. The van der Waals surface area contributed by atoms with Gasteiger partial charge in [-0.05, 0) is 18.4 Å². The molecule has 3 aliphatic rings. The van der Waals surface area contributed by atoms with Gasteiger partial charge in [0.05, 0.1) is 23.2 Å². The van der Waals surface area contributed by atoms with Crippen molar-refractivity contribution in [1.82, 2.24) is 9.80 Å². The Morgan fingerprint density at radius 3 is 2.70 bits per heavy atom. The lowest BCUT2D eigenvalue weighted by atomic mass is 9.71. The van der Waals surface area contributed by atoms with Crippen molar-refractivity contribution in [2.75, 3.05) is 26.3 Å². The van der Waals surface area contributed by atoms with Crippen LogP contribution in [0.3, 0.4) is 0 Å². The van der Waals surface area contributed by atoms with Crippen molar-refractivity contribution in [3.8, 4) is 0 Å². The molecule has 0 aromatic heterocycles. The minimum Gasteiger partial charge on any atom is -0.461 e. The van der Waals surface area contributed by atoms with E-state index in [1.54, 1.807) is 22.7 Å². The van der Waals surface area contributed by atoms with Gasteiger partial charge in [0.25, 0.3) is 0 Å². The molecule has 0 radical (unpaired) electrons. The molecule has 3 aliphatic heterocycles. The van der Waals surface area contributed by atoms with E-state index in [0.29, 0.717) is 19.5 Å². The van der Waals surface area contributed by atoms with E-state index in [-0.39, 0.29) is 36.8 Å². The summed E-state index contributed by atoms with van der Waals surface area (Å²) in [6, 6.07) is 8.94. The topological polar surface area (TPSA) is 87.1 Å². The fourth-order valence-electron chi connectivity index (χ4n) is 5.65. The van der Waals surface area contributed by atoms with Crippen LogP contribution in [0.15, 0.2) is 55.6 Å². The largest absolute Gasteiger partial charge is 0.461 e. The number of aliphatic hydroxyl groups is 1. The molecule has 7 nitrogen and oxygen atoms in total. The molecular formula is C25H30N2O5S. The number of benzene rings is 1. The molecular weight excluding hydrogens is 440 g/mol. The standard InChI is InChI=1S/C25H30N2O5S/c1-3-12-26(16-17-8-6-5-7-9-17)23(30)21-25-11-10-18(33-25)19(24(31)32-15-4-2)20(25)22(29)27(21)13-14-28/h3-9,18-21,28H,1-2,10-16H2/t18-,19+,20+,21?,25?/m1/s1. The van der Waals surface area contributed by atoms with Crippen molar-refractivity contribution >= 4 is 29.5 Å². The van der Waals surface area contributed by atoms with Gasteiger partial charge in [-0.25, -0.2) is 0 Å². The van der Waals surface area contributed by atoms with Crippen LogP contribution < -0.4 is 0 Å². The van der Waals surface area contributed by atoms with E-state index in [2.05, 4.69) is 13.2 Å². The number of hydrogen-bond acceptors (Lipinski definition) is 6. The number of carbonyl (C=O) groups is 3. The maximum absolute atomic E-state index is 14.0. The lowest BCUT2D eigenvalue weighted by Gasteiger charge is -2.37. The van der Waals surface area contributed by atoms with Gasteiger partial charge >= 0.3 is 5.97 Å². The molecule has 0 aliphatic carbocycles. The van der Waals surface area contributed by atoms with Crippen molar-refractivity contribution in [3.63, 3.8) is 0 Å². The monoisotopic (exact) mass is 470 g/mol. The van der Waals surface area contributed by atoms with E-state index < -0.39 is 28.6 Å². The highest BCUT2D eigenvalue weighted by molar-refractivity contribution is 8.02. The van der Waals surface area contributed by atoms with E-state index in [1.807, 2.05) is 30.3 Å². The molecule has 1 aromatic rings. The third kappa shape index (κ3) is 3.99. The number of ether oxygens (including phenoxy) is 1. The van der Waals surface area contributed by atoms with Crippen molar-refractivity contribution in [1.29, 1.82) is 0 Å². The second-order valence-electron chi connectivity index (χ2n) is 8.72. The normalized spacial score (nSPS) is 29.6.